The molecule has 0 aliphatic heterocycles. The van der Waals surface area contributed by atoms with Crippen LogP contribution in [-0.4, -0.2) is 23.1 Å². The van der Waals surface area contributed by atoms with Crippen molar-refractivity contribution in [3.05, 3.63) is 0 Å². The number of amidine groups is 1. The number of hydrogen-bond acceptors (Lipinski definition) is 3. The van der Waals surface area contributed by atoms with Gasteiger partial charge in [0.2, 0.25) is 0 Å². The van der Waals surface area contributed by atoms with Crippen LogP contribution in [0.5, 0.6) is 0 Å². The van der Waals surface area contributed by atoms with Crippen LogP contribution in [0.25, 0.3) is 0 Å². The molecule has 14 heavy (non-hydrogen) atoms. The first-order valence-corrected chi connectivity index (χ1v) is 5.38. The largest absolute Gasteiger partial charge is 0.409 e. The van der Waals surface area contributed by atoms with Gasteiger partial charge in [-0.2, -0.15) is 0 Å². The van der Waals surface area contributed by atoms with Crippen molar-refractivity contribution in [2.45, 2.75) is 51.0 Å². The SMILES string of the molecule is CC1(NCCC(N)=NO)CCCCC1. The topological polar surface area (TPSA) is 70.6 Å². The van der Waals surface area contributed by atoms with Gasteiger partial charge in [-0.3, -0.25) is 0 Å². The maximum absolute atomic E-state index is 8.37. The maximum Gasteiger partial charge on any atom is 0.140 e. The summed E-state index contributed by atoms with van der Waals surface area (Å²) in [5.74, 6) is 0.303. The molecule has 0 bridgehead atoms. The molecule has 1 saturated carbocycles. The zero-order valence-corrected chi connectivity index (χ0v) is 8.92. The summed E-state index contributed by atoms with van der Waals surface area (Å²) in [4.78, 5) is 0. The summed E-state index contributed by atoms with van der Waals surface area (Å²) in [5, 5.41) is 14.8. The van der Waals surface area contributed by atoms with E-state index in [-0.39, 0.29) is 5.54 Å². The molecule has 0 unspecified atom stereocenters. The van der Waals surface area contributed by atoms with Crippen LogP contribution >= 0.6 is 0 Å². The maximum atomic E-state index is 8.37. The zero-order chi connectivity index (χ0) is 10.4. The molecule has 4 N–H and O–H groups in total. The smallest absolute Gasteiger partial charge is 0.140 e. The van der Waals surface area contributed by atoms with Gasteiger partial charge in [-0.15, -0.1) is 0 Å². The Labute approximate surface area is 85.6 Å². The molecule has 0 amide bonds. The van der Waals surface area contributed by atoms with E-state index >= 15 is 0 Å². The first kappa shape index (κ1) is 11.3. The molecule has 0 heterocycles. The lowest BCUT2D eigenvalue weighted by molar-refractivity contribution is 0.256. The molecule has 1 aliphatic rings. The monoisotopic (exact) mass is 199 g/mol. The van der Waals surface area contributed by atoms with Crippen LogP contribution in [0.4, 0.5) is 0 Å². The summed E-state index contributed by atoms with van der Waals surface area (Å²) in [6.07, 6.45) is 7.08. The lowest BCUT2D eigenvalue weighted by atomic mass is 9.83. The highest BCUT2D eigenvalue weighted by atomic mass is 16.4. The van der Waals surface area contributed by atoms with Gasteiger partial charge in [0.05, 0.1) is 0 Å². The van der Waals surface area contributed by atoms with Gasteiger partial charge < -0.3 is 16.3 Å². The lowest BCUT2D eigenvalue weighted by Gasteiger charge is -2.34. The van der Waals surface area contributed by atoms with Crippen LogP contribution in [0.1, 0.15) is 45.4 Å². The fourth-order valence-electron chi connectivity index (χ4n) is 2.05. The lowest BCUT2D eigenvalue weighted by Crippen LogP contribution is -2.45. The molecule has 1 fully saturated rings. The first-order chi connectivity index (χ1) is 6.66. The number of nitrogens with zero attached hydrogens (tertiary/aromatic N) is 1. The van der Waals surface area contributed by atoms with E-state index < -0.39 is 0 Å². The highest BCUT2D eigenvalue weighted by molar-refractivity contribution is 5.79. The Balaban J connectivity index is 2.22. The quantitative estimate of drug-likeness (QED) is 0.278. The predicted octanol–water partition coefficient (Wildman–Crippen LogP) is 1.44. The fourth-order valence-corrected chi connectivity index (χ4v) is 2.05. The van der Waals surface area contributed by atoms with Crippen molar-refractivity contribution >= 4 is 5.84 Å². The molecular formula is C10H21N3O. The number of rotatable bonds is 4. The second kappa shape index (κ2) is 5.20. The molecule has 4 heteroatoms. The van der Waals surface area contributed by atoms with E-state index in [1.165, 1.54) is 32.1 Å². The van der Waals surface area contributed by atoms with Gasteiger partial charge in [-0.05, 0) is 19.8 Å². The zero-order valence-electron chi connectivity index (χ0n) is 8.92. The molecule has 0 spiro atoms. The van der Waals surface area contributed by atoms with Crippen molar-refractivity contribution in [1.29, 1.82) is 0 Å². The van der Waals surface area contributed by atoms with Crippen molar-refractivity contribution in [2.75, 3.05) is 6.54 Å². The Morgan fingerprint density at radius 2 is 2.07 bits per heavy atom. The number of oxime groups is 1. The van der Waals surface area contributed by atoms with E-state index in [4.69, 9.17) is 10.9 Å². The Morgan fingerprint density at radius 3 is 2.64 bits per heavy atom. The molecule has 4 nitrogen and oxygen atoms in total. The van der Waals surface area contributed by atoms with E-state index in [9.17, 15) is 0 Å². The number of nitrogens with two attached hydrogens (primary N) is 1. The predicted molar refractivity (Wildman–Crippen MR) is 57.5 cm³/mol. The second-order valence-corrected chi connectivity index (χ2v) is 4.39. The number of nitrogens with one attached hydrogen (secondary N) is 1. The molecular weight excluding hydrogens is 178 g/mol. The Morgan fingerprint density at radius 1 is 1.43 bits per heavy atom. The highest BCUT2D eigenvalue weighted by Crippen LogP contribution is 2.27. The molecule has 1 aliphatic carbocycles. The molecule has 0 atom stereocenters. The molecule has 0 aromatic heterocycles. The Kier molecular flexibility index (Phi) is 4.20. The van der Waals surface area contributed by atoms with E-state index in [0.29, 0.717) is 12.3 Å². The summed E-state index contributed by atoms with van der Waals surface area (Å²) in [7, 11) is 0. The minimum absolute atomic E-state index is 0.272. The average molecular weight is 199 g/mol. The van der Waals surface area contributed by atoms with Gasteiger partial charge in [0, 0.05) is 18.5 Å². The Bertz CT molecular complexity index is 198. The highest BCUT2D eigenvalue weighted by Gasteiger charge is 2.25. The summed E-state index contributed by atoms with van der Waals surface area (Å²) in [5.41, 5.74) is 5.66. The van der Waals surface area contributed by atoms with E-state index in [0.717, 1.165) is 6.54 Å². The normalized spacial score (nSPS) is 22.2. The number of hydrogen-bond donors (Lipinski definition) is 3. The third-order valence-corrected chi connectivity index (χ3v) is 3.02. The van der Waals surface area contributed by atoms with E-state index in [1.807, 2.05) is 0 Å². The van der Waals surface area contributed by atoms with Crippen molar-refractivity contribution in [2.24, 2.45) is 10.9 Å². The molecule has 0 aromatic carbocycles. The van der Waals surface area contributed by atoms with E-state index in [2.05, 4.69) is 17.4 Å². The van der Waals surface area contributed by atoms with Crippen molar-refractivity contribution in [3.63, 3.8) is 0 Å². The van der Waals surface area contributed by atoms with Crippen molar-refractivity contribution < 1.29 is 5.21 Å². The fraction of sp³-hybridized carbons (Fsp3) is 0.900. The van der Waals surface area contributed by atoms with Gasteiger partial charge >= 0.3 is 0 Å². The van der Waals surface area contributed by atoms with E-state index in [1.54, 1.807) is 0 Å². The standard InChI is InChI=1S/C10H21N3O/c1-10(6-3-2-4-7-10)12-8-5-9(11)13-14/h12,14H,2-8H2,1H3,(H2,11,13). The molecule has 0 saturated heterocycles. The van der Waals surface area contributed by atoms with Crippen LogP contribution in [0, 0.1) is 0 Å². The van der Waals surface area contributed by atoms with Gasteiger partial charge in [-0.25, -0.2) is 0 Å². The summed E-state index contributed by atoms with van der Waals surface area (Å²) < 4.78 is 0. The van der Waals surface area contributed by atoms with Gasteiger partial charge in [0.25, 0.3) is 0 Å². The summed E-state index contributed by atoms with van der Waals surface area (Å²) in [6.45, 7) is 3.06. The van der Waals surface area contributed by atoms with Gasteiger partial charge in [-0.1, -0.05) is 24.4 Å². The van der Waals surface area contributed by atoms with Crippen LogP contribution in [0.15, 0.2) is 5.16 Å². The third kappa shape index (κ3) is 3.54. The molecule has 0 radical (unpaired) electrons. The van der Waals surface area contributed by atoms with Crippen LogP contribution < -0.4 is 11.1 Å². The third-order valence-electron chi connectivity index (χ3n) is 3.02. The van der Waals surface area contributed by atoms with Crippen molar-refractivity contribution in [1.82, 2.24) is 5.32 Å². The van der Waals surface area contributed by atoms with Gasteiger partial charge in [0.1, 0.15) is 5.84 Å². The Hall–Kier alpha value is -0.770. The minimum Gasteiger partial charge on any atom is -0.409 e. The van der Waals surface area contributed by atoms with Crippen LogP contribution in [0.3, 0.4) is 0 Å². The van der Waals surface area contributed by atoms with Crippen molar-refractivity contribution in [3.8, 4) is 0 Å². The minimum atomic E-state index is 0.272. The summed E-state index contributed by atoms with van der Waals surface area (Å²) >= 11 is 0. The second-order valence-electron chi connectivity index (χ2n) is 4.39. The van der Waals surface area contributed by atoms with Crippen LogP contribution in [-0.2, 0) is 0 Å². The van der Waals surface area contributed by atoms with Crippen LogP contribution in [0.2, 0.25) is 0 Å². The average Bonchev–Trinajstić information content (AvgIpc) is 2.18. The first-order valence-electron chi connectivity index (χ1n) is 5.38. The molecule has 82 valence electrons. The van der Waals surface area contributed by atoms with Gasteiger partial charge in [0.15, 0.2) is 0 Å². The molecule has 0 aromatic rings. The summed E-state index contributed by atoms with van der Waals surface area (Å²) in [6, 6.07) is 0. The molecule has 1 rings (SSSR count).